The highest BCUT2D eigenvalue weighted by atomic mass is 15.3. The molecule has 0 saturated heterocycles. The van der Waals surface area contributed by atoms with Crippen LogP contribution in [-0.2, 0) is 6.54 Å². The number of nitrogens with one attached hydrogen (secondary N) is 1. The fourth-order valence-corrected chi connectivity index (χ4v) is 1.53. The number of rotatable bonds is 5. The molecular weight excluding hydrogens is 200 g/mol. The van der Waals surface area contributed by atoms with Crippen LogP contribution in [0.5, 0.6) is 0 Å². The molecule has 0 aliphatic rings. The fraction of sp³-hybridized carbons (Fsp3) is 0.333. The molecule has 2 heterocycles. The Morgan fingerprint density at radius 2 is 2.25 bits per heavy atom. The molecule has 0 radical (unpaired) electrons. The highest BCUT2D eigenvalue weighted by Crippen LogP contribution is 2.05. The van der Waals surface area contributed by atoms with Crippen LogP contribution >= 0.6 is 0 Å². The van der Waals surface area contributed by atoms with Gasteiger partial charge in [0.1, 0.15) is 5.82 Å². The topological polar surface area (TPSA) is 42.7 Å². The lowest BCUT2D eigenvalue weighted by molar-refractivity contribution is 0.545. The van der Waals surface area contributed by atoms with Crippen LogP contribution in [0.15, 0.2) is 42.9 Å². The summed E-state index contributed by atoms with van der Waals surface area (Å²) in [5, 5.41) is 7.52. The van der Waals surface area contributed by atoms with Crippen molar-refractivity contribution in [2.24, 2.45) is 0 Å². The summed E-state index contributed by atoms with van der Waals surface area (Å²) in [5.41, 5.74) is 0. The monoisotopic (exact) mass is 216 g/mol. The lowest BCUT2D eigenvalue weighted by atomic mass is 10.2. The molecule has 1 atom stereocenters. The maximum absolute atomic E-state index is 4.23. The first-order valence-electron chi connectivity index (χ1n) is 5.49. The molecule has 0 fully saturated rings. The quantitative estimate of drug-likeness (QED) is 0.833. The van der Waals surface area contributed by atoms with Crippen molar-refractivity contribution in [1.29, 1.82) is 0 Å². The first-order chi connectivity index (χ1) is 7.84. The van der Waals surface area contributed by atoms with E-state index in [2.05, 4.69) is 22.3 Å². The van der Waals surface area contributed by atoms with E-state index in [1.807, 2.05) is 35.1 Å². The summed E-state index contributed by atoms with van der Waals surface area (Å²) in [5.74, 6) is 0.926. The number of pyridine rings is 1. The standard InChI is InChI=1S/C12H16N4/c1-11(6-10-16-9-4-8-14-16)15-12-5-2-3-7-13-12/h2-5,7-9,11H,6,10H2,1H3,(H,13,15). The van der Waals surface area contributed by atoms with Crippen LogP contribution in [-0.4, -0.2) is 20.8 Å². The SMILES string of the molecule is CC(CCn1cccn1)Nc1ccccn1. The molecule has 0 spiro atoms. The Balaban J connectivity index is 1.78. The highest BCUT2D eigenvalue weighted by Gasteiger charge is 2.02. The van der Waals surface area contributed by atoms with E-state index in [-0.39, 0.29) is 0 Å². The highest BCUT2D eigenvalue weighted by molar-refractivity contribution is 5.33. The Labute approximate surface area is 95.3 Å². The van der Waals surface area contributed by atoms with Crippen molar-refractivity contribution in [3.05, 3.63) is 42.9 Å². The third-order valence-electron chi connectivity index (χ3n) is 2.41. The Morgan fingerprint density at radius 1 is 1.31 bits per heavy atom. The van der Waals surface area contributed by atoms with E-state index in [1.54, 1.807) is 12.4 Å². The molecule has 0 amide bonds. The Bertz CT molecular complexity index is 396. The van der Waals surface area contributed by atoms with Crippen LogP contribution in [0.25, 0.3) is 0 Å². The third-order valence-corrected chi connectivity index (χ3v) is 2.41. The lowest BCUT2D eigenvalue weighted by Crippen LogP contribution is -2.18. The molecule has 16 heavy (non-hydrogen) atoms. The van der Waals surface area contributed by atoms with E-state index in [9.17, 15) is 0 Å². The Morgan fingerprint density at radius 3 is 2.94 bits per heavy atom. The van der Waals surface area contributed by atoms with Gasteiger partial charge >= 0.3 is 0 Å². The van der Waals surface area contributed by atoms with E-state index in [4.69, 9.17) is 0 Å². The van der Waals surface area contributed by atoms with Gasteiger partial charge in [-0.2, -0.15) is 5.10 Å². The maximum atomic E-state index is 4.23. The molecule has 1 unspecified atom stereocenters. The van der Waals surface area contributed by atoms with Crippen molar-refractivity contribution in [2.45, 2.75) is 25.9 Å². The number of aromatic nitrogens is 3. The van der Waals surface area contributed by atoms with Gasteiger partial charge in [-0.15, -0.1) is 0 Å². The van der Waals surface area contributed by atoms with Crippen molar-refractivity contribution in [3.8, 4) is 0 Å². The van der Waals surface area contributed by atoms with Crippen LogP contribution in [0.3, 0.4) is 0 Å². The van der Waals surface area contributed by atoms with Crippen molar-refractivity contribution in [2.75, 3.05) is 5.32 Å². The second-order valence-corrected chi connectivity index (χ2v) is 3.82. The van der Waals surface area contributed by atoms with E-state index >= 15 is 0 Å². The molecule has 0 aliphatic carbocycles. The van der Waals surface area contributed by atoms with Gasteiger partial charge < -0.3 is 5.32 Å². The van der Waals surface area contributed by atoms with E-state index in [1.165, 1.54) is 0 Å². The molecule has 2 rings (SSSR count). The minimum atomic E-state index is 0.388. The first kappa shape index (κ1) is 10.7. The molecule has 2 aromatic rings. The summed E-state index contributed by atoms with van der Waals surface area (Å²) in [6, 6.07) is 8.20. The second-order valence-electron chi connectivity index (χ2n) is 3.82. The van der Waals surface area contributed by atoms with E-state index < -0.39 is 0 Å². The van der Waals surface area contributed by atoms with Gasteiger partial charge in [-0.05, 0) is 31.5 Å². The number of nitrogens with zero attached hydrogens (tertiary/aromatic N) is 3. The molecule has 4 nitrogen and oxygen atoms in total. The van der Waals surface area contributed by atoms with Crippen molar-refractivity contribution >= 4 is 5.82 Å². The first-order valence-corrected chi connectivity index (χ1v) is 5.49. The van der Waals surface area contributed by atoms with Crippen LogP contribution < -0.4 is 5.32 Å². The minimum Gasteiger partial charge on any atom is -0.368 e. The van der Waals surface area contributed by atoms with Crippen LogP contribution in [0.4, 0.5) is 5.82 Å². The van der Waals surface area contributed by atoms with Gasteiger partial charge in [0.05, 0.1) is 0 Å². The number of hydrogen-bond acceptors (Lipinski definition) is 3. The summed E-state index contributed by atoms with van der Waals surface area (Å²) < 4.78 is 1.94. The number of hydrogen-bond donors (Lipinski definition) is 1. The van der Waals surface area contributed by atoms with E-state index in [0.717, 1.165) is 18.8 Å². The van der Waals surface area contributed by atoms with Gasteiger partial charge in [0.15, 0.2) is 0 Å². The normalized spacial score (nSPS) is 12.3. The molecule has 0 aromatic carbocycles. The van der Waals surface area contributed by atoms with Crippen molar-refractivity contribution < 1.29 is 0 Å². The average molecular weight is 216 g/mol. The number of aryl methyl sites for hydroxylation is 1. The lowest BCUT2D eigenvalue weighted by Gasteiger charge is -2.14. The Kier molecular flexibility index (Phi) is 3.53. The molecule has 4 heteroatoms. The molecular formula is C12H16N4. The molecule has 0 aliphatic heterocycles. The predicted octanol–water partition coefficient (Wildman–Crippen LogP) is 2.17. The zero-order chi connectivity index (χ0) is 11.2. The molecule has 2 aromatic heterocycles. The smallest absolute Gasteiger partial charge is 0.126 e. The van der Waals surface area contributed by atoms with Gasteiger partial charge in [0.25, 0.3) is 0 Å². The van der Waals surface area contributed by atoms with Gasteiger partial charge in [-0.25, -0.2) is 4.98 Å². The summed E-state index contributed by atoms with van der Waals surface area (Å²) in [7, 11) is 0. The summed E-state index contributed by atoms with van der Waals surface area (Å²) >= 11 is 0. The van der Waals surface area contributed by atoms with E-state index in [0.29, 0.717) is 6.04 Å². The maximum Gasteiger partial charge on any atom is 0.126 e. The fourth-order valence-electron chi connectivity index (χ4n) is 1.53. The van der Waals surface area contributed by atoms with Crippen LogP contribution in [0.2, 0.25) is 0 Å². The zero-order valence-electron chi connectivity index (χ0n) is 9.37. The van der Waals surface area contributed by atoms with Crippen molar-refractivity contribution in [1.82, 2.24) is 14.8 Å². The molecule has 0 bridgehead atoms. The molecule has 1 N–H and O–H groups in total. The predicted molar refractivity (Wildman–Crippen MR) is 64.2 cm³/mol. The van der Waals surface area contributed by atoms with Crippen LogP contribution in [0.1, 0.15) is 13.3 Å². The summed E-state index contributed by atoms with van der Waals surface area (Å²) in [4.78, 5) is 4.23. The van der Waals surface area contributed by atoms with Crippen molar-refractivity contribution in [3.63, 3.8) is 0 Å². The van der Waals surface area contributed by atoms with Gasteiger partial charge in [-0.3, -0.25) is 4.68 Å². The third kappa shape index (κ3) is 3.08. The summed E-state index contributed by atoms with van der Waals surface area (Å²) in [6.45, 7) is 3.08. The number of anilines is 1. The average Bonchev–Trinajstić information content (AvgIpc) is 2.81. The molecule has 84 valence electrons. The van der Waals surface area contributed by atoms with Gasteiger partial charge in [0.2, 0.25) is 0 Å². The van der Waals surface area contributed by atoms with Crippen LogP contribution in [0, 0.1) is 0 Å². The van der Waals surface area contributed by atoms with Gasteiger partial charge in [-0.1, -0.05) is 6.07 Å². The summed E-state index contributed by atoms with van der Waals surface area (Å²) in [6.07, 6.45) is 6.60. The molecule has 0 saturated carbocycles. The largest absolute Gasteiger partial charge is 0.368 e. The minimum absolute atomic E-state index is 0.388. The second kappa shape index (κ2) is 5.30. The van der Waals surface area contributed by atoms with Gasteiger partial charge in [0, 0.05) is 31.2 Å². The zero-order valence-corrected chi connectivity index (χ0v) is 9.37. The Hall–Kier alpha value is -1.84.